The molecule has 0 aliphatic heterocycles. The SMILES string of the molecule is COCCN(Cc1ccco1)C(=O)/C=C/c1cc(C)ccc1OC. The van der Waals surface area contributed by atoms with Gasteiger partial charge in [-0.2, -0.15) is 0 Å². The highest BCUT2D eigenvalue weighted by Gasteiger charge is 2.13. The topological polar surface area (TPSA) is 51.9 Å². The van der Waals surface area contributed by atoms with Crippen LogP contribution in [0.15, 0.2) is 47.1 Å². The zero-order valence-electron chi connectivity index (χ0n) is 14.3. The molecule has 0 atom stereocenters. The van der Waals surface area contributed by atoms with Crippen LogP contribution in [0.3, 0.4) is 0 Å². The first-order valence-corrected chi connectivity index (χ1v) is 7.77. The van der Waals surface area contributed by atoms with Gasteiger partial charge < -0.3 is 18.8 Å². The van der Waals surface area contributed by atoms with Crippen LogP contribution in [-0.2, 0) is 16.1 Å². The lowest BCUT2D eigenvalue weighted by Crippen LogP contribution is -2.31. The Kier molecular flexibility index (Phi) is 6.63. The number of furan rings is 1. The second kappa shape index (κ2) is 8.93. The summed E-state index contributed by atoms with van der Waals surface area (Å²) in [5.41, 5.74) is 1.98. The standard InChI is InChI=1S/C19H23NO4/c1-15-6-8-18(23-3)16(13-15)7-9-19(21)20(10-12-22-2)14-17-5-4-11-24-17/h4-9,11,13H,10,12,14H2,1-3H3/b9-7+. The molecule has 1 amide bonds. The summed E-state index contributed by atoms with van der Waals surface area (Å²) in [5, 5.41) is 0. The van der Waals surface area contributed by atoms with E-state index >= 15 is 0 Å². The van der Waals surface area contributed by atoms with Gasteiger partial charge in [0.1, 0.15) is 11.5 Å². The predicted octanol–water partition coefficient (Wildman–Crippen LogP) is 3.29. The molecule has 2 rings (SSSR count). The fourth-order valence-electron chi connectivity index (χ4n) is 2.31. The van der Waals surface area contributed by atoms with Crippen LogP contribution < -0.4 is 4.74 Å². The fraction of sp³-hybridized carbons (Fsp3) is 0.316. The molecule has 0 unspecified atom stereocenters. The molecule has 0 bridgehead atoms. The third-order valence-corrected chi connectivity index (χ3v) is 3.59. The number of carbonyl (C=O) groups is 1. The normalized spacial score (nSPS) is 11.0. The van der Waals surface area contributed by atoms with E-state index in [-0.39, 0.29) is 5.91 Å². The number of nitrogens with zero attached hydrogens (tertiary/aromatic N) is 1. The number of aryl methyl sites for hydroxylation is 1. The lowest BCUT2D eigenvalue weighted by Gasteiger charge is -2.19. The van der Waals surface area contributed by atoms with Gasteiger partial charge in [0.25, 0.3) is 0 Å². The van der Waals surface area contributed by atoms with Gasteiger partial charge in [-0.3, -0.25) is 4.79 Å². The summed E-state index contributed by atoms with van der Waals surface area (Å²) in [5.74, 6) is 1.37. The number of methoxy groups -OCH3 is 2. The first-order chi connectivity index (χ1) is 11.6. The third-order valence-electron chi connectivity index (χ3n) is 3.59. The quantitative estimate of drug-likeness (QED) is 0.698. The van der Waals surface area contributed by atoms with Crippen molar-refractivity contribution in [2.75, 3.05) is 27.4 Å². The first kappa shape index (κ1) is 17.8. The predicted molar refractivity (Wildman–Crippen MR) is 92.8 cm³/mol. The molecular weight excluding hydrogens is 306 g/mol. The van der Waals surface area contributed by atoms with Crippen molar-refractivity contribution in [3.8, 4) is 5.75 Å². The van der Waals surface area contributed by atoms with E-state index in [9.17, 15) is 4.79 Å². The maximum absolute atomic E-state index is 12.5. The van der Waals surface area contributed by atoms with Crippen LogP contribution >= 0.6 is 0 Å². The number of hydrogen-bond acceptors (Lipinski definition) is 4. The summed E-state index contributed by atoms with van der Waals surface area (Å²) in [6.07, 6.45) is 4.92. The second-order valence-corrected chi connectivity index (χ2v) is 5.41. The van der Waals surface area contributed by atoms with Gasteiger partial charge in [0, 0.05) is 25.3 Å². The van der Waals surface area contributed by atoms with E-state index in [1.54, 1.807) is 37.5 Å². The van der Waals surface area contributed by atoms with Gasteiger partial charge in [-0.15, -0.1) is 0 Å². The second-order valence-electron chi connectivity index (χ2n) is 5.41. The summed E-state index contributed by atoms with van der Waals surface area (Å²) in [6.45, 7) is 3.37. The molecular formula is C19H23NO4. The Morgan fingerprint density at radius 1 is 1.29 bits per heavy atom. The summed E-state index contributed by atoms with van der Waals surface area (Å²) < 4.78 is 15.8. The van der Waals surface area contributed by atoms with E-state index < -0.39 is 0 Å². The summed E-state index contributed by atoms with van der Waals surface area (Å²) in [4.78, 5) is 14.2. The van der Waals surface area contributed by atoms with E-state index in [4.69, 9.17) is 13.9 Å². The maximum Gasteiger partial charge on any atom is 0.247 e. The van der Waals surface area contributed by atoms with Crippen LogP contribution in [0.5, 0.6) is 5.75 Å². The van der Waals surface area contributed by atoms with E-state index in [0.29, 0.717) is 19.7 Å². The van der Waals surface area contributed by atoms with E-state index in [0.717, 1.165) is 22.6 Å². The minimum absolute atomic E-state index is 0.105. The van der Waals surface area contributed by atoms with Gasteiger partial charge in [-0.1, -0.05) is 11.6 Å². The average Bonchev–Trinajstić information content (AvgIpc) is 3.09. The highest BCUT2D eigenvalue weighted by atomic mass is 16.5. The molecule has 5 nitrogen and oxygen atoms in total. The summed E-state index contributed by atoms with van der Waals surface area (Å²) in [7, 11) is 3.23. The number of ether oxygens (including phenoxy) is 2. The monoisotopic (exact) mass is 329 g/mol. The van der Waals surface area contributed by atoms with Crippen molar-refractivity contribution < 1.29 is 18.7 Å². The Morgan fingerprint density at radius 3 is 2.79 bits per heavy atom. The van der Waals surface area contributed by atoms with Gasteiger partial charge in [0.15, 0.2) is 0 Å². The molecule has 1 heterocycles. The van der Waals surface area contributed by atoms with Crippen molar-refractivity contribution in [2.45, 2.75) is 13.5 Å². The molecule has 0 spiro atoms. The van der Waals surface area contributed by atoms with Gasteiger partial charge in [-0.25, -0.2) is 0 Å². The van der Waals surface area contributed by atoms with E-state index in [1.165, 1.54) is 0 Å². The zero-order chi connectivity index (χ0) is 17.4. The maximum atomic E-state index is 12.5. The van der Waals surface area contributed by atoms with Crippen molar-refractivity contribution in [3.63, 3.8) is 0 Å². The Bertz CT molecular complexity index is 677. The molecule has 0 saturated carbocycles. The Balaban J connectivity index is 2.12. The zero-order valence-corrected chi connectivity index (χ0v) is 14.3. The minimum Gasteiger partial charge on any atom is -0.496 e. The smallest absolute Gasteiger partial charge is 0.247 e. The van der Waals surface area contributed by atoms with Gasteiger partial charge in [0.2, 0.25) is 5.91 Å². The molecule has 1 aromatic carbocycles. The van der Waals surface area contributed by atoms with Crippen LogP contribution in [0.1, 0.15) is 16.9 Å². The third kappa shape index (κ3) is 4.99. The van der Waals surface area contributed by atoms with Crippen LogP contribution in [0.2, 0.25) is 0 Å². The molecule has 0 radical (unpaired) electrons. The largest absolute Gasteiger partial charge is 0.496 e. The molecule has 5 heteroatoms. The van der Waals surface area contributed by atoms with E-state index in [1.807, 2.05) is 37.3 Å². The minimum atomic E-state index is -0.105. The molecule has 0 saturated heterocycles. The lowest BCUT2D eigenvalue weighted by atomic mass is 10.1. The van der Waals surface area contributed by atoms with Gasteiger partial charge >= 0.3 is 0 Å². The van der Waals surface area contributed by atoms with Crippen molar-refractivity contribution >= 4 is 12.0 Å². The number of benzene rings is 1. The van der Waals surface area contributed by atoms with Crippen LogP contribution in [0, 0.1) is 6.92 Å². The lowest BCUT2D eigenvalue weighted by molar-refractivity contribution is -0.127. The van der Waals surface area contributed by atoms with Crippen LogP contribution in [0.4, 0.5) is 0 Å². The van der Waals surface area contributed by atoms with Crippen molar-refractivity contribution in [1.29, 1.82) is 0 Å². The molecule has 128 valence electrons. The molecule has 2 aromatic rings. The molecule has 0 aliphatic rings. The molecule has 0 N–H and O–H groups in total. The number of rotatable bonds is 8. The Labute approximate surface area is 142 Å². The molecule has 1 aromatic heterocycles. The van der Waals surface area contributed by atoms with Crippen molar-refractivity contribution in [1.82, 2.24) is 4.90 Å². The molecule has 0 fully saturated rings. The van der Waals surface area contributed by atoms with Crippen molar-refractivity contribution in [3.05, 3.63) is 59.6 Å². The number of hydrogen-bond donors (Lipinski definition) is 0. The van der Waals surface area contributed by atoms with Crippen LogP contribution in [0.25, 0.3) is 6.08 Å². The molecule has 0 aliphatic carbocycles. The van der Waals surface area contributed by atoms with Gasteiger partial charge in [-0.05, 0) is 37.3 Å². The van der Waals surface area contributed by atoms with Crippen molar-refractivity contribution in [2.24, 2.45) is 0 Å². The first-order valence-electron chi connectivity index (χ1n) is 7.77. The highest BCUT2D eigenvalue weighted by molar-refractivity contribution is 5.92. The fourth-order valence-corrected chi connectivity index (χ4v) is 2.31. The van der Waals surface area contributed by atoms with Crippen LogP contribution in [-0.4, -0.2) is 38.2 Å². The Hall–Kier alpha value is -2.53. The summed E-state index contributed by atoms with van der Waals surface area (Å²) in [6, 6.07) is 9.50. The highest BCUT2D eigenvalue weighted by Crippen LogP contribution is 2.21. The number of carbonyl (C=O) groups excluding carboxylic acids is 1. The number of amides is 1. The average molecular weight is 329 g/mol. The Morgan fingerprint density at radius 2 is 2.12 bits per heavy atom. The molecule has 24 heavy (non-hydrogen) atoms. The van der Waals surface area contributed by atoms with Gasteiger partial charge in [0.05, 0.1) is 26.5 Å². The van der Waals surface area contributed by atoms with E-state index in [2.05, 4.69) is 0 Å². The summed E-state index contributed by atoms with van der Waals surface area (Å²) >= 11 is 0.